The lowest BCUT2D eigenvalue weighted by Gasteiger charge is -2.19. The number of carbonyl (C=O) groups excluding carboxylic acids is 2. The first-order chi connectivity index (χ1) is 16.1. The Balaban J connectivity index is 2.40. The van der Waals surface area contributed by atoms with Gasteiger partial charge in [0.15, 0.2) is 5.75 Å². The van der Waals surface area contributed by atoms with Gasteiger partial charge in [0.25, 0.3) is 0 Å². The van der Waals surface area contributed by atoms with Crippen molar-refractivity contribution < 1.29 is 23.8 Å². The van der Waals surface area contributed by atoms with E-state index in [1.807, 2.05) is 40.7 Å². The second-order valence-corrected chi connectivity index (χ2v) is 10.6. The van der Waals surface area contributed by atoms with Crippen molar-refractivity contribution >= 4 is 57.1 Å². The molecule has 0 saturated carbocycles. The van der Waals surface area contributed by atoms with Crippen molar-refractivity contribution in [2.75, 3.05) is 13.2 Å². The maximum Gasteiger partial charge on any atom is 0.344 e. The Labute approximate surface area is 230 Å². The molecule has 0 N–H and O–H groups in total. The molecule has 0 saturated heterocycles. The molecule has 2 aromatic rings. The highest BCUT2D eigenvalue weighted by atomic mass is 127. The Hall–Kier alpha value is -1.36. The maximum atomic E-state index is 13.3. The van der Waals surface area contributed by atoms with E-state index in [9.17, 15) is 9.59 Å². The zero-order chi connectivity index (χ0) is 25.6. The molecule has 34 heavy (non-hydrogen) atoms. The number of unbranched alkanes of at least 4 members (excludes halogenated alkanes) is 2. The van der Waals surface area contributed by atoms with Crippen molar-refractivity contribution in [2.45, 2.75) is 74.1 Å². The van der Waals surface area contributed by atoms with Crippen molar-refractivity contribution in [1.82, 2.24) is 0 Å². The molecule has 186 valence electrons. The molecule has 0 aliphatic carbocycles. The quantitative estimate of drug-likeness (QED) is 0.110. The topological polar surface area (TPSA) is 61.8 Å². The molecule has 0 bridgehead atoms. The minimum atomic E-state index is -0.411. The van der Waals surface area contributed by atoms with E-state index in [4.69, 9.17) is 14.2 Å². The molecular weight excluding hydrogens is 658 g/mol. The fourth-order valence-electron chi connectivity index (χ4n) is 3.69. The predicted octanol–water partition coefficient (Wildman–Crippen LogP) is 7.79. The molecule has 0 atom stereocenters. The lowest BCUT2D eigenvalue weighted by Crippen LogP contribution is -2.18. The number of hydrogen-bond acceptors (Lipinski definition) is 5. The zero-order valence-corrected chi connectivity index (χ0v) is 25.4. The lowest BCUT2D eigenvalue weighted by molar-refractivity contribution is 0.0497. The number of ether oxygens (including phenoxy) is 3. The van der Waals surface area contributed by atoms with Crippen molar-refractivity contribution in [3.05, 3.63) is 52.2 Å². The zero-order valence-electron chi connectivity index (χ0n) is 21.1. The minimum Gasteiger partial charge on any atom is -0.493 e. The normalized spacial score (nSPS) is 10.9. The van der Waals surface area contributed by atoms with E-state index in [2.05, 4.69) is 59.0 Å². The van der Waals surface area contributed by atoms with Crippen LogP contribution in [0, 0.1) is 41.8 Å². The van der Waals surface area contributed by atoms with Gasteiger partial charge in [-0.15, -0.1) is 0 Å². The number of rotatable bonds is 10. The van der Waals surface area contributed by atoms with Crippen LogP contribution in [0.15, 0.2) is 6.07 Å². The molecule has 0 fully saturated rings. The van der Waals surface area contributed by atoms with Gasteiger partial charge in [-0.05, 0) is 127 Å². The van der Waals surface area contributed by atoms with Crippen molar-refractivity contribution in [3.8, 4) is 11.5 Å². The SMILES string of the molecule is CCCCOC(=O)c1c(C)c(I)c(OC(=O)c2c(C)cc(OCCCC)c(C)c2C)c(I)c1C. The second-order valence-electron chi connectivity index (χ2n) is 8.48. The van der Waals surface area contributed by atoms with Gasteiger partial charge in [-0.3, -0.25) is 0 Å². The number of benzene rings is 2. The van der Waals surface area contributed by atoms with E-state index in [0.717, 1.165) is 66.4 Å². The van der Waals surface area contributed by atoms with E-state index < -0.39 is 5.97 Å². The number of carbonyl (C=O) groups is 2. The van der Waals surface area contributed by atoms with Gasteiger partial charge in [-0.1, -0.05) is 26.7 Å². The van der Waals surface area contributed by atoms with Crippen LogP contribution in [0.2, 0.25) is 0 Å². The first-order valence-electron chi connectivity index (χ1n) is 11.7. The molecule has 0 amide bonds. The molecule has 0 unspecified atom stereocenters. The van der Waals surface area contributed by atoms with Crippen LogP contribution in [0.3, 0.4) is 0 Å². The highest BCUT2D eigenvalue weighted by Gasteiger charge is 2.26. The smallest absolute Gasteiger partial charge is 0.344 e. The summed E-state index contributed by atoms with van der Waals surface area (Å²) in [7, 11) is 0. The van der Waals surface area contributed by atoms with Gasteiger partial charge < -0.3 is 14.2 Å². The third-order valence-electron chi connectivity index (χ3n) is 5.95. The summed E-state index contributed by atoms with van der Waals surface area (Å²) >= 11 is 4.28. The molecular formula is C27H34I2O5. The molecule has 7 heteroatoms. The van der Waals surface area contributed by atoms with Gasteiger partial charge in [0, 0.05) is 0 Å². The molecule has 5 nitrogen and oxygen atoms in total. The van der Waals surface area contributed by atoms with Crippen molar-refractivity contribution in [2.24, 2.45) is 0 Å². The van der Waals surface area contributed by atoms with Gasteiger partial charge in [0.1, 0.15) is 5.75 Å². The fraction of sp³-hybridized carbons (Fsp3) is 0.481. The maximum absolute atomic E-state index is 13.3. The third-order valence-corrected chi connectivity index (χ3v) is 8.54. The average Bonchev–Trinajstić information content (AvgIpc) is 2.79. The van der Waals surface area contributed by atoms with Gasteiger partial charge >= 0.3 is 11.9 Å². The van der Waals surface area contributed by atoms with Crippen LogP contribution in [-0.4, -0.2) is 25.2 Å². The summed E-state index contributed by atoms with van der Waals surface area (Å²) in [6.45, 7) is 14.7. The molecule has 2 rings (SSSR count). The predicted molar refractivity (Wildman–Crippen MR) is 153 cm³/mol. The first-order valence-corrected chi connectivity index (χ1v) is 13.8. The van der Waals surface area contributed by atoms with Crippen LogP contribution in [0.4, 0.5) is 0 Å². The molecule has 0 aromatic heterocycles. The first kappa shape index (κ1) is 28.9. The van der Waals surface area contributed by atoms with E-state index in [1.54, 1.807) is 0 Å². The van der Waals surface area contributed by atoms with Crippen LogP contribution in [0.5, 0.6) is 11.5 Å². The summed E-state index contributed by atoms with van der Waals surface area (Å²) in [5.41, 5.74) is 5.21. The van der Waals surface area contributed by atoms with Crippen LogP contribution >= 0.6 is 45.2 Å². The summed E-state index contributed by atoms with van der Waals surface area (Å²) < 4.78 is 18.8. The van der Waals surface area contributed by atoms with E-state index in [0.29, 0.717) is 30.1 Å². The number of hydrogen-bond donors (Lipinski definition) is 0. The highest BCUT2D eigenvalue weighted by Crippen LogP contribution is 2.37. The van der Waals surface area contributed by atoms with Crippen LogP contribution in [0.25, 0.3) is 0 Å². The van der Waals surface area contributed by atoms with Crippen molar-refractivity contribution in [1.29, 1.82) is 0 Å². The summed E-state index contributed by atoms with van der Waals surface area (Å²) in [5.74, 6) is 0.539. The van der Waals surface area contributed by atoms with Crippen LogP contribution < -0.4 is 9.47 Å². The molecule has 0 heterocycles. The second kappa shape index (κ2) is 13.1. The molecule has 0 spiro atoms. The molecule has 0 radical (unpaired) electrons. The Bertz CT molecular complexity index is 1050. The van der Waals surface area contributed by atoms with E-state index >= 15 is 0 Å². The van der Waals surface area contributed by atoms with Crippen molar-refractivity contribution in [3.63, 3.8) is 0 Å². The largest absolute Gasteiger partial charge is 0.493 e. The Morgan fingerprint density at radius 3 is 1.88 bits per heavy atom. The monoisotopic (exact) mass is 692 g/mol. The molecule has 0 aliphatic heterocycles. The van der Waals surface area contributed by atoms with E-state index in [1.165, 1.54) is 0 Å². The molecule has 0 aliphatic rings. The summed E-state index contributed by atoms with van der Waals surface area (Å²) in [6, 6.07) is 1.91. The minimum absolute atomic E-state index is 0.335. The van der Waals surface area contributed by atoms with E-state index in [-0.39, 0.29) is 5.97 Å². The van der Waals surface area contributed by atoms with Crippen LogP contribution in [0.1, 0.15) is 88.1 Å². The number of esters is 2. The average molecular weight is 692 g/mol. The Morgan fingerprint density at radius 2 is 1.32 bits per heavy atom. The molecule has 2 aromatic carbocycles. The standard InChI is InChI=1S/C27H34I2O5/c1-8-10-12-32-20-14-15(3)21(17(5)16(20)4)27(31)34-25-23(28)18(6)22(19(7)24(25)29)26(30)33-13-11-9-2/h14H,8-13H2,1-7H3. The highest BCUT2D eigenvalue weighted by molar-refractivity contribution is 14.1. The summed E-state index contributed by atoms with van der Waals surface area (Å²) in [5, 5.41) is 0. The lowest BCUT2D eigenvalue weighted by atomic mass is 9.97. The number of halogens is 2. The van der Waals surface area contributed by atoms with Gasteiger partial charge in [0.2, 0.25) is 0 Å². The van der Waals surface area contributed by atoms with Crippen LogP contribution in [-0.2, 0) is 4.74 Å². The number of aryl methyl sites for hydroxylation is 1. The Kier molecular flexibility index (Phi) is 11.1. The fourth-order valence-corrected chi connectivity index (χ4v) is 5.51. The Morgan fingerprint density at radius 1 is 0.765 bits per heavy atom. The third kappa shape index (κ3) is 6.44. The van der Waals surface area contributed by atoms with Gasteiger partial charge in [-0.2, -0.15) is 0 Å². The summed E-state index contributed by atoms with van der Waals surface area (Å²) in [6.07, 6.45) is 3.83. The van der Waals surface area contributed by atoms with Gasteiger partial charge in [0.05, 0.1) is 31.5 Å². The summed E-state index contributed by atoms with van der Waals surface area (Å²) in [4.78, 5) is 26.1. The van der Waals surface area contributed by atoms with Gasteiger partial charge in [-0.25, -0.2) is 9.59 Å².